The minimum Gasteiger partial charge on any atom is -0.486 e. The van der Waals surface area contributed by atoms with Gasteiger partial charge in [0.2, 0.25) is 0 Å². The Morgan fingerprint density at radius 1 is 1.29 bits per heavy atom. The number of thiophene rings is 1. The van der Waals surface area contributed by atoms with Crippen LogP contribution in [0.3, 0.4) is 0 Å². The van der Waals surface area contributed by atoms with E-state index in [0.717, 1.165) is 16.4 Å². The quantitative estimate of drug-likeness (QED) is 0.679. The molecule has 1 N–H and O–H groups in total. The summed E-state index contributed by atoms with van der Waals surface area (Å²) in [5, 5.41) is 14.0. The number of fused-ring (bicyclic) bond motifs is 1. The van der Waals surface area contributed by atoms with Crippen LogP contribution in [0, 0.1) is 10.1 Å². The molecule has 1 unspecified atom stereocenters. The Kier molecular flexibility index (Phi) is 4.03. The van der Waals surface area contributed by atoms with Gasteiger partial charge in [-0.25, -0.2) is 0 Å². The first-order valence-electron chi connectivity index (χ1n) is 6.54. The maximum absolute atomic E-state index is 10.6. The number of ether oxygens (including phenoxy) is 2. The lowest BCUT2D eigenvalue weighted by molar-refractivity contribution is -0.380. The monoisotopic (exact) mass is 306 g/mol. The van der Waals surface area contributed by atoms with Crippen LogP contribution in [0.25, 0.3) is 0 Å². The molecule has 1 aromatic heterocycles. The third-order valence-electron chi connectivity index (χ3n) is 3.07. The third kappa shape index (κ3) is 3.32. The van der Waals surface area contributed by atoms with Gasteiger partial charge in [-0.3, -0.25) is 10.1 Å². The summed E-state index contributed by atoms with van der Waals surface area (Å²) in [5.41, 5.74) is 0. The van der Waals surface area contributed by atoms with Crippen LogP contribution in [-0.4, -0.2) is 24.2 Å². The summed E-state index contributed by atoms with van der Waals surface area (Å²) < 4.78 is 11.4. The van der Waals surface area contributed by atoms with Gasteiger partial charge in [-0.1, -0.05) is 23.5 Å². The topological polar surface area (TPSA) is 73.6 Å². The van der Waals surface area contributed by atoms with E-state index in [-0.39, 0.29) is 16.0 Å². The predicted molar refractivity (Wildman–Crippen MR) is 79.0 cm³/mol. The summed E-state index contributed by atoms with van der Waals surface area (Å²) in [6, 6.07) is 10.9. The Morgan fingerprint density at radius 2 is 2.10 bits per heavy atom. The van der Waals surface area contributed by atoms with E-state index in [1.54, 1.807) is 6.07 Å². The summed E-state index contributed by atoms with van der Waals surface area (Å²) >= 11 is 1.18. The van der Waals surface area contributed by atoms with Crippen molar-refractivity contribution in [3.63, 3.8) is 0 Å². The Labute approximate surface area is 125 Å². The molecule has 0 aliphatic carbocycles. The lowest BCUT2D eigenvalue weighted by Gasteiger charge is -2.26. The second-order valence-electron chi connectivity index (χ2n) is 4.63. The van der Waals surface area contributed by atoms with E-state index in [2.05, 4.69) is 5.32 Å². The van der Waals surface area contributed by atoms with Gasteiger partial charge in [-0.2, -0.15) is 0 Å². The average Bonchev–Trinajstić information content (AvgIpc) is 2.96. The minimum atomic E-state index is -0.372. The maximum Gasteiger partial charge on any atom is 0.324 e. The number of para-hydroxylation sites is 2. The van der Waals surface area contributed by atoms with Crippen molar-refractivity contribution in [2.75, 3.05) is 13.2 Å². The lowest BCUT2D eigenvalue weighted by atomic mass is 10.2. The summed E-state index contributed by atoms with van der Waals surface area (Å²) in [5.74, 6) is 1.52. The van der Waals surface area contributed by atoms with Crippen molar-refractivity contribution in [2.24, 2.45) is 0 Å². The van der Waals surface area contributed by atoms with Crippen molar-refractivity contribution in [3.8, 4) is 11.5 Å². The molecule has 1 aliphatic rings. The van der Waals surface area contributed by atoms with Gasteiger partial charge in [-0.05, 0) is 18.2 Å². The zero-order valence-electron chi connectivity index (χ0n) is 11.2. The molecular weight excluding hydrogens is 292 g/mol. The van der Waals surface area contributed by atoms with Crippen molar-refractivity contribution in [3.05, 3.63) is 51.4 Å². The molecule has 0 saturated heterocycles. The number of rotatable bonds is 5. The summed E-state index contributed by atoms with van der Waals surface area (Å²) in [4.78, 5) is 11.2. The van der Waals surface area contributed by atoms with E-state index in [1.165, 1.54) is 17.4 Å². The minimum absolute atomic E-state index is 0.0603. The van der Waals surface area contributed by atoms with Crippen LogP contribution in [0.2, 0.25) is 0 Å². The molecule has 0 radical (unpaired) electrons. The number of nitrogens with one attached hydrogen (secondary N) is 1. The van der Waals surface area contributed by atoms with Crippen LogP contribution >= 0.6 is 11.3 Å². The smallest absolute Gasteiger partial charge is 0.324 e. The number of hydrogen-bond acceptors (Lipinski definition) is 6. The molecule has 2 heterocycles. The fourth-order valence-electron chi connectivity index (χ4n) is 2.08. The molecule has 0 spiro atoms. The normalized spacial score (nSPS) is 16.7. The van der Waals surface area contributed by atoms with Crippen molar-refractivity contribution < 1.29 is 14.4 Å². The van der Waals surface area contributed by atoms with Gasteiger partial charge in [0.1, 0.15) is 12.7 Å². The van der Waals surface area contributed by atoms with Crippen LogP contribution in [0.15, 0.2) is 36.4 Å². The van der Waals surface area contributed by atoms with E-state index in [9.17, 15) is 10.1 Å². The van der Waals surface area contributed by atoms with Gasteiger partial charge >= 0.3 is 5.00 Å². The number of nitro groups is 1. The molecular formula is C14H14N2O4S. The molecule has 1 aliphatic heterocycles. The highest BCUT2D eigenvalue weighted by atomic mass is 32.1. The molecule has 7 heteroatoms. The van der Waals surface area contributed by atoms with Crippen LogP contribution in [0.1, 0.15) is 4.88 Å². The number of hydrogen-bond donors (Lipinski definition) is 1. The number of nitrogens with zero attached hydrogens (tertiary/aromatic N) is 1. The molecule has 1 atom stereocenters. The molecule has 110 valence electrons. The zero-order valence-corrected chi connectivity index (χ0v) is 12.0. The van der Waals surface area contributed by atoms with E-state index >= 15 is 0 Å². The second-order valence-corrected chi connectivity index (χ2v) is 5.77. The summed E-state index contributed by atoms with van der Waals surface area (Å²) in [7, 11) is 0. The third-order valence-corrected chi connectivity index (χ3v) is 4.10. The molecule has 3 rings (SSSR count). The average molecular weight is 306 g/mol. The van der Waals surface area contributed by atoms with E-state index in [4.69, 9.17) is 9.47 Å². The Morgan fingerprint density at radius 3 is 2.86 bits per heavy atom. The predicted octanol–water partition coefficient (Wildman–Crippen LogP) is 2.59. The summed E-state index contributed by atoms with van der Waals surface area (Å²) in [6.07, 6.45) is -0.0603. The first-order chi connectivity index (χ1) is 10.2. The SMILES string of the molecule is O=[N+]([O-])c1ccc(CNCC2COc3ccccc3O2)s1. The van der Waals surface area contributed by atoms with Gasteiger partial charge in [0.25, 0.3) is 0 Å². The van der Waals surface area contributed by atoms with E-state index < -0.39 is 0 Å². The van der Waals surface area contributed by atoms with Crippen molar-refractivity contribution >= 4 is 16.3 Å². The molecule has 21 heavy (non-hydrogen) atoms. The highest BCUT2D eigenvalue weighted by molar-refractivity contribution is 7.15. The van der Waals surface area contributed by atoms with Crippen LogP contribution in [-0.2, 0) is 6.54 Å². The van der Waals surface area contributed by atoms with E-state index in [1.807, 2.05) is 24.3 Å². The largest absolute Gasteiger partial charge is 0.486 e. The molecule has 2 aromatic rings. The molecule has 1 aromatic carbocycles. The van der Waals surface area contributed by atoms with Gasteiger partial charge in [0.05, 0.1) is 4.92 Å². The molecule has 0 fully saturated rings. The van der Waals surface area contributed by atoms with Crippen molar-refractivity contribution in [1.29, 1.82) is 0 Å². The highest BCUT2D eigenvalue weighted by Gasteiger charge is 2.20. The Bertz CT molecular complexity index is 643. The van der Waals surface area contributed by atoms with Crippen LogP contribution in [0.4, 0.5) is 5.00 Å². The maximum atomic E-state index is 10.6. The molecule has 0 saturated carbocycles. The molecule has 6 nitrogen and oxygen atoms in total. The first kappa shape index (κ1) is 13.8. The Balaban J connectivity index is 1.49. The van der Waals surface area contributed by atoms with E-state index in [0.29, 0.717) is 19.7 Å². The highest BCUT2D eigenvalue weighted by Crippen LogP contribution is 2.30. The fraction of sp³-hybridized carbons (Fsp3) is 0.286. The van der Waals surface area contributed by atoms with Gasteiger partial charge in [0.15, 0.2) is 11.5 Å². The van der Waals surface area contributed by atoms with Crippen molar-refractivity contribution in [2.45, 2.75) is 12.6 Å². The Hall–Kier alpha value is -2.12. The van der Waals surface area contributed by atoms with Crippen LogP contribution in [0.5, 0.6) is 11.5 Å². The molecule has 0 bridgehead atoms. The summed E-state index contributed by atoms with van der Waals surface area (Å²) in [6.45, 7) is 1.70. The standard InChI is InChI=1S/C14H14N2O4S/c17-16(18)14-6-5-11(21-14)8-15-7-10-9-19-12-3-1-2-4-13(12)20-10/h1-6,10,15H,7-9H2. The second kappa shape index (κ2) is 6.11. The lowest BCUT2D eigenvalue weighted by Crippen LogP contribution is -2.38. The first-order valence-corrected chi connectivity index (χ1v) is 7.36. The zero-order chi connectivity index (χ0) is 14.7. The molecule has 0 amide bonds. The van der Waals surface area contributed by atoms with Gasteiger partial charge < -0.3 is 14.8 Å². The van der Waals surface area contributed by atoms with Gasteiger partial charge in [-0.15, -0.1) is 0 Å². The van der Waals surface area contributed by atoms with Gasteiger partial charge in [0, 0.05) is 24.0 Å². The van der Waals surface area contributed by atoms with Crippen LogP contribution < -0.4 is 14.8 Å². The fourth-order valence-corrected chi connectivity index (χ4v) is 2.87. The van der Waals surface area contributed by atoms with Crippen molar-refractivity contribution in [1.82, 2.24) is 5.32 Å². The number of benzene rings is 1.